The van der Waals surface area contributed by atoms with Gasteiger partial charge in [0.25, 0.3) is 0 Å². The maximum Gasteiger partial charge on any atom is 0.410 e. The zero-order chi connectivity index (χ0) is 23.6. The van der Waals surface area contributed by atoms with Crippen molar-refractivity contribution >= 4 is 18.0 Å². The van der Waals surface area contributed by atoms with Crippen molar-refractivity contribution in [3.63, 3.8) is 0 Å². The Balaban J connectivity index is 1.37. The Hall–Kier alpha value is -3.17. The molecule has 2 saturated heterocycles. The standard InChI is InChI=1S/C25H32N4O5/c1-20-3-2-4-21(15-20)18-26-19-22-16-23(28-5-9-31-10-6-28)17-24(27-22)33-13-14-34-25(30)29-7-11-32-12-8-29/h2-4,15-18H,5-14,19H2,1H3. The Labute approximate surface area is 200 Å². The molecular formula is C25H32N4O5. The fourth-order valence-electron chi connectivity index (χ4n) is 3.81. The summed E-state index contributed by atoms with van der Waals surface area (Å²) < 4.78 is 21.9. The molecule has 2 aromatic rings. The minimum absolute atomic E-state index is 0.153. The molecule has 1 aromatic carbocycles. The van der Waals surface area contributed by atoms with E-state index < -0.39 is 0 Å². The molecule has 2 fully saturated rings. The van der Waals surface area contributed by atoms with Gasteiger partial charge in [-0.15, -0.1) is 0 Å². The van der Waals surface area contributed by atoms with Crippen molar-refractivity contribution in [2.75, 3.05) is 70.7 Å². The average Bonchev–Trinajstić information content (AvgIpc) is 2.87. The molecule has 0 radical (unpaired) electrons. The quantitative estimate of drug-likeness (QED) is 0.435. The number of aryl methyl sites for hydroxylation is 1. The van der Waals surface area contributed by atoms with E-state index in [-0.39, 0.29) is 19.3 Å². The van der Waals surface area contributed by atoms with Crippen molar-refractivity contribution in [1.29, 1.82) is 0 Å². The molecule has 4 rings (SSSR count). The first kappa shape index (κ1) is 24.0. The topological polar surface area (TPSA) is 85.7 Å². The van der Waals surface area contributed by atoms with E-state index in [2.05, 4.69) is 33.9 Å². The van der Waals surface area contributed by atoms with E-state index in [1.807, 2.05) is 30.5 Å². The maximum absolute atomic E-state index is 12.1. The normalized spacial score (nSPS) is 16.6. The molecule has 2 aliphatic rings. The summed E-state index contributed by atoms with van der Waals surface area (Å²) in [5.74, 6) is 0.493. The van der Waals surface area contributed by atoms with Crippen LogP contribution in [-0.2, 0) is 20.8 Å². The van der Waals surface area contributed by atoms with Gasteiger partial charge in [0.05, 0.1) is 38.7 Å². The molecule has 34 heavy (non-hydrogen) atoms. The van der Waals surface area contributed by atoms with Gasteiger partial charge in [0.1, 0.15) is 13.2 Å². The van der Waals surface area contributed by atoms with Crippen molar-refractivity contribution in [3.8, 4) is 5.88 Å². The second-order valence-corrected chi connectivity index (χ2v) is 8.20. The summed E-state index contributed by atoms with van der Waals surface area (Å²) in [7, 11) is 0. The number of rotatable bonds is 8. The van der Waals surface area contributed by atoms with Gasteiger partial charge >= 0.3 is 6.09 Å². The third kappa shape index (κ3) is 7.16. The summed E-state index contributed by atoms with van der Waals surface area (Å²) in [5, 5.41) is 0. The monoisotopic (exact) mass is 468 g/mol. The Kier molecular flexibility index (Phi) is 8.70. The van der Waals surface area contributed by atoms with Crippen molar-refractivity contribution in [2.45, 2.75) is 13.5 Å². The van der Waals surface area contributed by atoms with Crippen molar-refractivity contribution < 1.29 is 23.7 Å². The summed E-state index contributed by atoms with van der Waals surface area (Å²) in [5.41, 5.74) is 4.09. The summed E-state index contributed by atoms with van der Waals surface area (Å²) >= 11 is 0. The molecule has 0 N–H and O–H groups in total. The SMILES string of the molecule is Cc1cccc(C=NCc2cc(N3CCOCC3)cc(OCCOC(=O)N3CCOCC3)n2)c1. The fraction of sp³-hybridized carbons (Fsp3) is 0.480. The number of ether oxygens (including phenoxy) is 4. The van der Waals surface area contributed by atoms with E-state index in [4.69, 9.17) is 18.9 Å². The average molecular weight is 469 g/mol. The Morgan fingerprint density at radius 2 is 1.82 bits per heavy atom. The summed E-state index contributed by atoms with van der Waals surface area (Å²) in [6.07, 6.45) is 1.52. The molecule has 9 nitrogen and oxygen atoms in total. The van der Waals surface area contributed by atoms with Crippen LogP contribution < -0.4 is 9.64 Å². The number of aliphatic imine (C=N–C) groups is 1. The molecule has 182 valence electrons. The molecule has 0 unspecified atom stereocenters. The highest BCUT2D eigenvalue weighted by atomic mass is 16.6. The number of morpholine rings is 2. The molecule has 3 heterocycles. The van der Waals surface area contributed by atoms with Crippen molar-refractivity contribution in [1.82, 2.24) is 9.88 Å². The Morgan fingerprint density at radius 1 is 1.06 bits per heavy atom. The number of carbonyl (C=O) groups excluding carboxylic acids is 1. The van der Waals surface area contributed by atoms with E-state index in [0.717, 1.165) is 30.0 Å². The van der Waals surface area contributed by atoms with Gasteiger partial charge in [0.2, 0.25) is 5.88 Å². The molecule has 1 aromatic heterocycles. The highest BCUT2D eigenvalue weighted by molar-refractivity contribution is 5.79. The number of amides is 1. The number of nitrogens with zero attached hydrogens (tertiary/aromatic N) is 4. The van der Waals surface area contributed by atoms with Gasteiger partial charge in [0.15, 0.2) is 0 Å². The van der Waals surface area contributed by atoms with Crippen LogP contribution in [0.3, 0.4) is 0 Å². The molecule has 1 amide bonds. The second-order valence-electron chi connectivity index (χ2n) is 8.20. The number of pyridine rings is 1. The van der Waals surface area contributed by atoms with Gasteiger partial charge < -0.3 is 28.7 Å². The van der Waals surface area contributed by atoms with Crippen LogP contribution in [0.15, 0.2) is 41.4 Å². The summed E-state index contributed by atoms with van der Waals surface area (Å²) in [6, 6.07) is 12.2. The van der Waals surface area contributed by atoms with Gasteiger partial charge in [-0.1, -0.05) is 29.8 Å². The number of benzene rings is 1. The minimum atomic E-state index is -0.340. The summed E-state index contributed by atoms with van der Waals surface area (Å²) in [4.78, 5) is 25.2. The molecule has 0 spiro atoms. The van der Waals surface area contributed by atoms with Crippen LogP contribution in [0.4, 0.5) is 10.5 Å². The van der Waals surface area contributed by atoms with E-state index in [9.17, 15) is 4.79 Å². The van der Waals surface area contributed by atoms with E-state index >= 15 is 0 Å². The number of hydrogen-bond donors (Lipinski definition) is 0. The molecule has 0 atom stereocenters. The zero-order valence-corrected chi connectivity index (χ0v) is 19.6. The zero-order valence-electron chi connectivity index (χ0n) is 19.6. The third-order valence-electron chi connectivity index (χ3n) is 5.58. The van der Waals surface area contributed by atoms with Gasteiger partial charge in [-0.25, -0.2) is 9.78 Å². The lowest BCUT2D eigenvalue weighted by atomic mass is 10.1. The molecule has 9 heteroatoms. The fourth-order valence-corrected chi connectivity index (χ4v) is 3.81. The van der Waals surface area contributed by atoms with E-state index in [1.165, 1.54) is 5.56 Å². The first-order valence-corrected chi connectivity index (χ1v) is 11.7. The lowest BCUT2D eigenvalue weighted by molar-refractivity contribution is 0.0237. The van der Waals surface area contributed by atoms with Crippen LogP contribution in [-0.4, -0.2) is 88.0 Å². The van der Waals surface area contributed by atoms with Crippen LogP contribution >= 0.6 is 0 Å². The van der Waals surface area contributed by atoms with Crippen LogP contribution in [0.2, 0.25) is 0 Å². The van der Waals surface area contributed by atoms with Gasteiger partial charge in [-0.05, 0) is 18.6 Å². The predicted octanol–water partition coefficient (Wildman–Crippen LogP) is 2.69. The molecule has 0 saturated carbocycles. The number of aromatic nitrogens is 1. The van der Waals surface area contributed by atoms with Crippen molar-refractivity contribution in [3.05, 3.63) is 53.2 Å². The predicted molar refractivity (Wildman–Crippen MR) is 129 cm³/mol. The lowest BCUT2D eigenvalue weighted by Gasteiger charge is -2.29. The van der Waals surface area contributed by atoms with Crippen molar-refractivity contribution in [2.24, 2.45) is 4.99 Å². The molecule has 0 bridgehead atoms. The Bertz CT molecular complexity index is 972. The molecular weight excluding hydrogens is 436 g/mol. The van der Waals surface area contributed by atoms with Crippen LogP contribution in [0, 0.1) is 6.92 Å². The van der Waals surface area contributed by atoms with Crippen LogP contribution in [0.1, 0.15) is 16.8 Å². The number of hydrogen-bond acceptors (Lipinski definition) is 8. The minimum Gasteiger partial charge on any atom is -0.474 e. The largest absolute Gasteiger partial charge is 0.474 e. The van der Waals surface area contributed by atoms with Gasteiger partial charge in [-0.3, -0.25) is 4.99 Å². The van der Waals surface area contributed by atoms with Crippen LogP contribution in [0.25, 0.3) is 0 Å². The lowest BCUT2D eigenvalue weighted by Crippen LogP contribution is -2.41. The van der Waals surface area contributed by atoms with Crippen LogP contribution in [0.5, 0.6) is 5.88 Å². The second kappa shape index (κ2) is 12.3. The van der Waals surface area contributed by atoms with E-state index in [0.29, 0.717) is 51.9 Å². The maximum atomic E-state index is 12.1. The summed E-state index contributed by atoms with van der Waals surface area (Å²) in [6.45, 7) is 8.07. The first-order valence-electron chi connectivity index (χ1n) is 11.7. The Morgan fingerprint density at radius 3 is 2.59 bits per heavy atom. The van der Waals surface area contributed by atoms with Gasteiger partial charge in [-0.2, -0.15) is 0 Å². The molecule has 2 aliphatic heterocycles. The number of carbonyl (C=O) groups is 1. The molecule has 0 aliphatic carbocycles. The highest BCUT2D eigenvalue weighted by Crippen LogP contribution is 2.23. The van der Waals surface area contributed by atoms with Gasteiger partial charge in [0, 0.05) is 44.1 Å². The highest BCUT2D eigenvalue weighted by Gasteiger charge is 2.18. The first-order chi connectivity index (χ1) is 16.7. The number of anilines is 1. The smallest absolute Gasteiger partial charge is 0.410 e. The third-order valence-corrected chi connectivity index (χ3v) is 5.58. The van der Waals surface area contributed by atoms with E-state index in [1.54, 1.807) is 4.90 Å².